The molecule has 2 heteroatoms. The van der Waals surface area contributed by atoms with Gasteiger partial charge in [-0.05, 0) is 17.0 Å². The highest BCUT2D eigenvalue weighted by Crippen LogP contribution is 2.11. The average molecular weight is 191 g/mol. The van der Waals surface area contributed by atoms with E-state index in [1.165, 1.54) is 0 Å². The minimum absolute atomic E-state index is 0.626. The second-order valence-electron chi connectivity index (χ2n) is 1.70. The molecule has 0 unspecified atom stereocenters. The fourth-order valence-corrected chi connectivity index (χ4v) is 0.731. The largest absolute Gasteiger partial charge is 0.380 e. The molecule has 0 radical (unpaired) electrons. The smallest absolute Gasteiger partial charge is 0.0720 e. The van der Waals surface area contributed by atoms with Crippen LogP contribution in [0.1, 0.15) is 6.92 Å². The van der Waals surface area contributed by atoms with Crippen LogP contribution in [0.25, 0.3) is 0 Å². The average Bonchev–Trinajstić information content (AvgIpc) is 1.82. The summed E-state index contributed by atoms with van der Waals surface area (Å²) in [6.07, 6.45) is 1.79. The van der Waals surface area contributed by atoms with Crippen LogP contribution in [0.3, 0.4) is 0 Å². The van der Waals surface area contributed by atoms with Gasteiger partial charge in [0, 0.05) is 7.11 Å². The third-order valence-electron chi connectivity index (χ3n) is 0.989. The van der Waals surface area contributed by atoms with Crippen molar-refractivity contribution in [1.29, 1.82) is 0 Å². The lowest BCUT2D eigenvalue weighted by atomic mass is 10.3. The van der Waals surface area contributed by atoms with Crippen molar-refractivity contribution in [3.8, 4) is 0 Å². The van der Waals surface area contributed by atoms with Gasteiger partial charge in [0.05, 0.1) is 6.61 Å². The van der Waals surface area contributed by atoms with E-state index in [0.29, 0.717) is 6.61 Å². The molecule has 0 bridgehead atoms. The molecular formula is C7H11BrO. The Hall–Kier alpha value is -0.0800. The minimum atomic E-state index is 0.626. The lowest BCUT2D eigenvalue weighted by Crippen LogP contribution is -1.91. The molecule has 0 aliphatic heterocycles. The zero-order chi connectivity index (χ0) is 7.28. The molecule has 0 rings (SSSR count). The summed E-state index contributed by atoms with van der Waals surface area (Å²) in [5.41, 5.74) is 1.09. The minimum Gasteiger partial charge on any atom is -0.380 e. The SMILES string of the molecule is C=C/C(COC)=C(\C)Br. The number of methoxy groups -OCH3 is 1. The first kappa shape index (κ1) is 8.92. The van der Waals surface area contributed by atoms with E-state index in [-0.39, 0.29) is 0 Å². The molecule has 52 valence electrons. The summed E-state index contributed by atoms with van der Waals surface area (Å²) in [6.45, 7) is 6.23. The third kappa shape index (κ3) is 3.49. The Balaban J connectivity index is 3.98. The van der Waals surface area contributed by atoms with Crippen LogP contribution in [-0.2, 0) is 4.74 Å². The van der Waals surface area contributed by atoms with Crippen molar-refractivity contribution in [2.24, 2.45) is 0 Å². The van der Waals surface area contributed by atoms with Gasteiger partial charge in [-0.15, -0.1) is 0 Å². The number of halogens is 1. The normalized spacial score (nSPS) is 12.8. The first-order chi connectivity index (χ1) is 4.22. The Bertz CT molecular complexity index is 123. The predicted molar refractivity (Wildman–Crippen MR) is 43.7 cm³/mol. The van der Waals surface area contributed by atoms with Gasteiger partial charge in [0.25, 0.3) is 0 Å². The zero-order valence-corrected chi connectivity index (χ0v) is 7.36. The highest BCUT2D eigenvalue weighted by atomic mass is 79.9. The Morgan fingerprint density at radius 1 is 1.78 bits per heavy atom. The molecule has 9 heavy (non-hydrogen) atoms. The summed E-state index contributed by atoms with van der Waals surface area (Å²) in [4.78, 5) is 0. The second kappa shape index (κ2) is 4.77. The molecule has 0 saturated carbocycles. The molecule has 0 heterocycles. The Kier molecular flexibility index (Phi) is 4.72. The molecule has 0 amide bonds. The molecule has 0 aromatic rings. The summed E-state index contributed by atoms with van der Waals surface area (Å²) >= 11 is 3.33. The van der Waals surface area contributed by atoms with Gasteiger partial charge in [-0.25, -0.2) is 0 Å². The van der Waals surface area contributed by atoms with Crippen molar-refractivity contribution in [3.63, 3.8) is 0 Å². The lowest BCUT2D eigenvalue weighted by Gasteiger charge is -1.99. The van der Waals surface area contributed by atoms with Crippen LogP contribution < -0.4 is 0 Å². The first-order valence-electron chi connectivity index (χ1n) is 2.69. The standard InChI is InChI=1S/C7H11BrO/c1-4-7(5-9-3)6(2)8/h4H,1,5H2,2-3H3/b7-6-. The predicted octanol–water partition coefficient (Wildman–Crippen LogP) is 2.49. The molecule has 0 aromatic carbocycles. The monoisotopic (exact) mass is 190 g/mol. The van der Waals surface area contributed by atoms with E-state index in [1.807, 2.05) is 6.92 Å². The van der Waals surface area contributed by atoms with Crippen LogP contribution in [0.15, 0.2) is 22.7 Å². The maximum absolute atomic E-state index is 4.90. The number of ether oxygens (including phenoxy) is 1. The van der Waals surface area contributed by atoms with E-state index in [4.69, 9.17) is 4.74 Å². The maximum atomic E-state index is 4.90. The van der Waals surface area contributed by atoms with Crippen LogP contribution >= 0.6 is 15.9 Å². The molecule has 0 N–H and O–H groups in total. The number of allylic oxidation sites excluding steroid dienone is 1. The number of rotatable bonds is 3. The van der Waals surface area contributed by atoms with Crippen molar-refractivity contribution in [2.45, 2.75) is 6.92 Å². The third-order valence-corrected chi connectivity index (χ3v) is 1.50. The van der Waals surface area contributed by atoms with E-state index < -0.39 is 0 Å². The van der Waals surface area contributed by atoms with Crippen molar-refractivity contribution in [2.75, 3.05) is 13.7 Å². The maximum Gasteiger partial charge on any atom is 0.0720 e. The molecule has 0 aromatic heterocycles. The van der Waals surface area contributed by atoms with Crippen LogP contribution in [0.4, 0.5) is 0 Å². The molecule has 1 nitrogen and oxygen atoms in total. The highest BCUT2D eigenvalue weighted by Gasteiger charge is 1.92. The van der Waals surface area contributed by atoms with Gasteiger partial charge in [0.1, 0.15) is 0 Å². The summed E-state index contributed by atoms with van der Waals surface area (Å²) < 4.78 is 5.98. The Labute approximate surface area is 64.5 Å². The molecule has 0 aliphatic rings. The van der Waals surface area contributed by atoms with Gasteiger partial charge in [-0.1, -0.05) is 28.6 Å². The van der Waals surface area contributed by atoms with Crippen molar-refractivity contribution in [3.05, 3.63) is 22.7 Å². The van der Waals surface area contributed by atoms with Crippen LogP contribution in [0.5, 0.6) is 0 Å². The van der Waals surface area contributed by atoms with Gasteiger partial charge < -0.3 is 4.74 Å². The number of hydrogen-bond donors (Lipinski definition) is 0. The van der Waals surface area contributed by atoms with E-state index in [1.54, 1.807) is 13.2 Å². The Morgan fingerprint density at radius 3 is 2.44 bits per heavy atom. The highest BCUT2D eigenvalue weighted by molar-refractivity contribution is 9.11. The topological polar surface area (TPSA) is 9.23 Å². The van der Waals surface area contributed by atoms with Gasteiger partial charge in [-0.2, -0.15) is 0 Å². The fraction of sp³-hybridized carbons (Fsp3) is 0.429. The molecule has 0 atom stereocenters. The molecule has 0 spiro atoms. The van der Waals surface area contributed by atoms with Gasteiger partial charge >= 0.3 is 0 Å². The van der Waals surface area contributed by atoms with Gasteiger partial charge in [-0.3, -0.25) is 0 Å². The van der Waals surface area contributed by atoms with Crippen molar-refractivity contribution < 1.29 is 4.74 Å². The quantitative estimate of drug-likeness (QED) is 0.622. The van der Waals surface area contributed by atoms with Crippen LogP contribution in [0.2, 0.25) is 0 Å². The van der Waals surface area contributed by atoms with E-state index in [2.05, 4.69) is 22.5 Å². The van der Waals surface area contributed by atoms with Gasteiger partial charge in [0.2, 0.25) is 0 Å². The summed E-state index contributed by atoms with van der Waals surface area (Å²) in [5.74, 6) is 0. The molecule has 0 aliphatic carbocycles. The summed E-state index contributed by atoms with van der Waals surface area (Å²) in [5, 5.41) is 0. The van der Waals surface area contributed by atoms with E-state index in [9.17, 15) is 0 Å². The lowest BCUT2D eigenvalue weighted by molar-refractivity contribution is 0.228. The van der Waals surface area contributed by atoms with Gasteiger partial charge in [0.15, 0.2) is 0 Å². The van der Waals surface area contributed by atoms with Crippen molar-refractivity contribution >= 4 is 15.9 Å². The van der Waals surface area contributed by atoms with Crippen LogP contribution in [0, 0.1) is 0 Å². The van der Waals surface area contributed by atoms with E-state index in [0.717, 1.165) is 10.1 Å². The van der Waals surface area contributed by atoms with Crippen LogP contribution in [-0.4, -0.2) is 13.7 Å². The summed E-state index contributed by atoms with van der Waals surface area (Å²) in [6, 6.07) is 0. The number of hydrogen-bond acceptors (Lipinski definition) is 1. The fourth-order valence-electron chi connectivity index (χ4n) is 0.455. The molecule has 0 saturated heterocycles. The first-order valence-corrected chi connectivity index (χ1v) is 3.48. The van der Waals surface area contributed by atoms with Crippen molar-refractivity contribution in [1.82, 2.24) is 0 Å². The zero-order valence-electron chi connectivity index (χ0n) is 5.78. The van der Waals surface area contributed by atoms with E-state index >= 15 is 0 Å². The molecule has 0 fully saturated rings. The summed E-state index contributed by atoms with van der Waals surface area (Å²) in [7, 11) is 1.67. The Morgan fingerprint density at radius 2 is 2.33 bits per heavy atom. The second-order valence-corrected chi connectivity index (χ2v) is 2.89. The molecular weight excluding hydrogens is 180 g/mol.